The summed E-state index contributed by atoms with van der Waals surface area (Å²) in [5, 5.41) is 2.92. The highest BCUT2D eigenvalue weighted by atomic mass is 16.1. The van der Waals surface area contributed by atoms with Crippen molar-refractivity contribution in [1.82, 2.24) is 4.57 Å². The van der Waals surface area contributed by atoms with Crippen LogP contribution < -0.4 is 10.9 Å². The maximum absolute atomic E-state index is 11.1. The zero-order valence-corrected chi connectivity index (χ0v) is 7.01. The van der Waals surface area contributed by atoms with E-state index in [1.165, 1.54) is 0 Å². The van der Waals surface area contributed by atoms with Gasteiger partial charge in [0.05, 0.1) is 0 Å². The summed E-state index contributed by atoms with van der Waals surface area (Å²) in [5.41, 5.74) is 1.85. The minimum Gasteiger partial charge on any atom is -0.388 e. The quantitative estimate of drug-likeness (QED) is 0.644. The van der Waals surface area contributed by atoms with Crippen LogP contribution in [0.3, 0.4) is 0 Å². The number of rotatable bonds is 1. The van der Waals surface area contributed by atoms with Crippen molar-refractivity contribution in [2.24, 2.45) is 7.05 Å². The van der Waals surface area contributed by atoms with Gasteiger partial charge in [0, 0.05) is 31.5 Å². The molecule has 0 saturated heterocycles. The molecule has 1 aromatic rings. The summed E-state index contributed by atoms with van der Waals surface area (Å²) in [6.45, 7) is 1.90. The molecule has 60 valence electrons. The lowest BCUT2D eigenvalue weighted by molar-refractivity contribution is 0.819. The van der Waals surface area contributed by atoms with E-state index in [1.807, 2.05) is 13.0 Å². The van der Waals surface area contributed by atoms with Crippen LogP contribution in [0.4, 0.5) is 5.69 Å². The van der Waals surface area contributed by atoms with Crippen molar-refractivity contribution < 1.29 is 0 Å². The molecule has 0 radical (unpaired) electrons. The molecular formula is C8H12N2O. The van der Waals surface area contributed by atoms with Gasteiger partial charge in [-0.25, -0.2) is 0 Å². The van der Waals surface area contributed by atoms with E-state index in [1.54, 1.807) is 24.7 Å². The van der Waals surface area contributed by atoms with Crippen molar-refractivity contribution in [3.8, 4) is 0 Å². The van der Waals surface area contributed by atoms with Gasteiger partial charge in [0.15, 0.2) is 0 Å². The fourth-order valence-corrected chi connectivity index (χ4v) is 0.912. The number of hydrogen-bond donors (Lipinski definition) is 1. The number of anilines is 1. The lowest BCUT2D eigenvalue weighted by atomic mass is 10.3. The van der Waals surface area contributed by atoms with E-state index in [-0.39, 0.29) is 5.56 Å². The van der Waals surface area contributed by atoms with Crippen LogP contribution in [0.25, 0.3) is 0 Å². The third-order valence-electron chi connectivity index (χ3n) is 1.79. The molecule has 1 N–H and O–H groups in total. The van der Waals surface area contributed by atoms with Crippen molar-refractivity contribution in [3.05, 3.63) is 28.2 Å². The van der Waals surface area contributed by atoms with E-state index in [0.717, 1.165) is 11.4 Å². The Morgan fingerprint density at radius 3 is 2.55 bits per heavy atom. The molecule has 0 unspecified atom stereocenters. The molecule has 3 heteroatoms. The van der Waals surface area contributed by atoms with Gasteiger partial charge in [-0.15, -0.1) is 0 Å². The van der Waals surface area contributed by atoms with Crippen molar-refractivity contribution in [3.63, 3.8) is 0 Å². The minimum absolute atomic E-state index is 0.0225. The molecule has 0 bridgehead atoms. The van der Waals surface area contributed by atoms with Gasteiger partial charge in [0.1, 0.15) is 0 Å². The molecule has 0 fully saturated rings. The Bertz CT molecular complexity index is 314. The predicted molar refractivity (Wildman–Crippen MR) is 46.0 cm³/mol. The first-order valence-electron chi connectivity index (χ1n) is 3.50. The topological polar surface area (TPSA) is 34.0 Å². The van der Waals surface area contributed by atoms with E-state index in [9.17, 15) is 4.79 Å². The first-order chi connectivity index (χ1) is 5.15. The number of aryl methyl sites for hydroxylation is 1. The van der Waals surface area contributed by atoms with Gasteiger partial charge >= 0.3 is 0 Å². The molecule has 0 spiro atoms. The Kier molecular flexibility index (Phi) is 1.98. The SMILES string of the molecule is CNc1cc(C)n(C)c(=O)c1. The van der Waals surface area contributed by atoms with Crippen molar-refractivity contribution in [1.29, 1.82) is 0 Å². The Morgan fingerprint density at radius 2 is 2.09 bits per heavy atom. The van der Waals surface area contributed by atoms with E-state index in [0.29, 0.717) is 0 Å². The van der Waals surface area contributed by atoms with E-state index in [2.05, 4.69) is 5.32 Å². The molecular weight excluding hydrogens is 140 g/mol. The smallest absolute Gasteiger partial charge is 0.252 e. The molecule has 3 nitrogen and oxygen atoms in total. The molecule has 0 aromatic carbocycles. The summed E-state index contributed by atoms with van der Waals surface area (Å²) in [6.07, 6.45) is 0. The highest BCUT2D eigenvalue weighted by Gasteiger charge is 1.96. The molecule has 1 rings (SSSR count). The molecule has 11 heavy (non-hydrogen) atoms. The van der Waals surface area contributed by atoms with E-state index < -0.39 is 0 Å². The summed E-state index contributed by atoms with van der Waals surface area (Å²) in [4.78, 5) is 11.1. The van der Waals surface area contributed by atoms with Crippen LogP contribution >= 0.6 is 0 Å². The van der Waals surface area contributed by atoms with Gasteiger partial charge < -0.3 is 9.88 Å². The molecule has 0 aliphatic carbocycles. The van der Waals surface area contributed by atoms with Gasteiger partial charge in [0.2, 0.25) is 0 Å². The van der Waals surface area contributed by atoms with Crippen LogP contribution in [0.1, 0.15) is 5.69 Å². The van der Waals surface area contributed by atoms with E-state index in [4.69, 9.17) is 0 Å². The van der Waals surface area contributed by atoms with Gasteiger partial charge in [0.25, 0.3) is 5.56 Å². The van der Waals surface area contributed by atoms with Crippen molar-refractivity contribution in [2.45, 2.75) is 6.92 Å². The summed E-state index contributed by atoms with van der Waals surface area (Å²) in [6, 6.07) is 3.51. The molecule has 0 amide bonds. The zero-order valence-electron chi connectivity index (χ0n) is 7.01. The highest BCUT2D eigenvalue weighted by molar-refractivity contribution is 5.42. The second-order valence-electron chi connectivity index (χ2n) is 2.53. The van der Waals surface area contributed by atoms with E-state index >= 15 is 0 Å². The second kappa shape index (κ2) is 2.78. The predicted octanol–water partition coefficient (Wildman–Crippen LogP) is 0.735. The molecule has 0 saturated carbocycles. The van der Waals surface area contributed by atoms with Gasteiger partial charge in [-0.2, -0.15) is 0 Å². The normalized spacial score (nSPS) is 9.73. The van der Waals surface area contributed by atoms with Crippen molar-refractivity contribution in [2.75, 3.05) is 12.4 Å². The molecule has 1 aromatic heterocycles. The molecule has 1 heterocycles. The maximum Gasteiger partial charge on any atom is 0.252 e. The third-order valence-corrected chi connectivity index (χ3v) is 1.79. The minimum atomic E-state index is 0.0225. The Hall–Kier alpha value is -1.25. The van der Waals surface area contributed by atoms with Crippen LogP contribution in [-0.2, 0) is 7.05 Å². The second-order valence-corrected chi connectivity index (χ2v) is 2.53. The Labute approximate surface area is 65.7 Å². The van der Waals surface area contributed by atoms with Gasteiger partial charge in [-0.1, -0.05) is 0 Å². The van der Waals surface area contributed by atoms with Gasteiger partial charge in [-0.3, -0.25) is 4.79 Å². The average Bonchev–Trinajstić information content (AvgIpc) is 1.99. The average molecular weight is 152 g/mol. The summed E-state index contributed by atoms with van der Waals surface area (Å²) in [5.74, 6) is 0. The lowest BCUT2D eigenvalue weighted by Gasteiger charge is -2.05. The summed E-state index contributed by atoms with van der Waals surface area (Å²) < 4.78 is 1.61. The Balaban J connectivity index is 3.32. The molecule has 0 aliphatic heterocycles. The fourth-order valence-electron chi connectivity index (χ4n) is 0.912. The fraction of sp³-hybridized carbons (Fsp3) is 0.375. The standard InChI is InChI=1S/C8H12N2O/c1-6-4-7(9-2)5-8(11)10(6)3/h4-5,9H,1-3H3. The van der Waals surface area contributed by atoms with Crippen LogP contribution in [0.5, 0.6) is 0 Å². The number of hydrogen-bond acceptors (Lipinski definition) is 2. The lowest BCUT2D eigenvalue weighted by Crippen LogP contribution is -2.18. The number of pyridine rings is 1. The maximum atomic E-state index is 11.1. The largest absolute Gasteiger partial charge is 0.388 e. The number of aromatic nitrogens is 1. The van der Waals surface area contributed by atoms with Crippen LogP contribution in [-0.4, -0.2) is 11.6 Å². The van der Waals surface area contributed by atoms with Crippen LogP contribution in [0.2, 0.25) is 0 Å². The first kappa shape index (κ1) is 7.85. The van der Waals surface area contributed by atoms with Gasteiger partial charge in [-0.05, 0) is 13.0 Å². The Morgan fingerprint density at radius 1 is 1.45 bits per heavy atom. The molecule has 0 atom stereocenters. The summed E-state index contributed by atoms with van der Waals surface area (Å²) >= 11 is 0. The number of nitrogens with one attached hydrogen (secondary N) is 1. The van der Waals surface area contributed by atoms with Crippen LogP contribution in [0, 0.1) is 6.92 Å². The number of nitrogens with zero attached hydrogens (tertiary/aromatic N) is 1. The van der Waals surface area contributed by atoms with Crippen molar-refractivity contribution >= 4 is 5.69 Å². The highest BCUT2D eigenvalue weighted by Crippen LogP contribution is 2.03. The van der Waals surface area contributed by atoms with Crippen LogP contribution in [0.15, 0.2) is 16.9 Å². The third kappa shape index (κ3) is 1.42. The summed E-state index contributed by atoms with van der Waals surface area (Å²) in [7, 11) is 3.56. The zero-order chi connectivity index (χ0) is 8.43. The first-order valence-corrected chi connectivity index (χ1v) is 3.50. The monoisotopic (exact) mass is 152 g/mol. The molecule has 0 aliphatic rings.